The Labute approximate surface area is 151 Å². The molecule has 1 fully saturated rings. The summed E-state index contributed by atoms with van der Waals surface area (Å²) in [7, 11) is -0.582. The van der Waals surface area contributed by atoms with E-state index in [1.165, 1.54) is 26.2 Å². The normalized spacial score (nSPS) is 17.6. The average Bonchev–Trinajstić information content (AvgIpc) is 3.31. The van der Waals surface area contributed by atoms with Gasteiger partial charge in [-0.1, -0.05) is 5.16 Å². The summed E-state index contributed by atoms with van der Waals surface area (Å²) < 4.78 is 35.7. The van der Waals surface area contributed by atoms with E-state index in [1.807, 2.05) is 0 Å². The molecule has 0 aliphatic carbocycles. The van der Waals surface area contributed by atoms with Crippen LogP contribution < -0.4 is 5.32 Å². The summed E-state index contributed by atoms with van der Waals surface area (Å²) in [6.07, 6.45) is 1.93. The van der Waals surface area contributed by atoms with E-state index in [1.54, 1.807) is 12.1 Å². The number of ether oxygens (including phenoxy) is 1. The fraction of sp³-hybridized carbons (Fsp3) is 0.438. The summed E-state index contributed by atoms with van der Waals surface area (Å²) in [4.78, 5) is 16.3. The third-order valence-corrected chi connectivity index (χ3v) is 5.85. The fourth-order valence-corrected chi connectivity index (χ4v) is 3.41. The molecule has 0 spiro atoms. The summed E-state index contributed by atoms with van der Waals surface area (Å²) in [5, 5.41) is 6.48. The standard InChI is InChI=1S/C16H20N4O5S/c1-20(2)26(22,23)13-7-5-11(6-8-13)14-18-16(25-19-14)15(21)17-10-12-4-3-9-24-12/h5-8,12H,3-4,9-10H2,1-2H3,(H,17,21)/t12-/m1/s1. The molecule has 140 valence electrons. The van der Waals surface area contributed by atoms with Crippen molar-refractivity contribution in [3.05, 3.63) is 30.2 Å². The van der Waals surface area contributed by atoms with Crippen LogP contribution in [0.1, 0.15) is 23.5 Å². The van der Waals surface area contributed by atoms with Gasteiger partial charge in [-0.05, 0) is 37.1 Å². The van der Waals surface area contributed by atoms with E-state index in [0.717, 1.165) is 17.1 Å². The summed E-state index contributed by atoms with van der Waals surface area (Å²) in [5.74, 6) is -0.407. The summed E-state index contributed by atoms with van der Waals surface area (Å²) in [6, 6.07) is 6.04. The molecule has 10 heteroatoms. The maximum atomic E-state index is 12.1. The van der Waals surface area contributed by atoms with Crippen molar-refractivity contribution in [3.8, 4) is 11.4 Å². The molecule has 1 atom stereocenters. The van der Waals surface area contributed by atoms with E-state index >= 15 is 0 Å². The van der Waals surface area contributed by atoms with Crippen molar-refractivity contribution in [3.63, 3.8) is 0 Å². The molecular weight excluding hydrogens is 360 g/mol. The molecule has 2 aromatic rings. The monoisotopic (exact) mass is 380 g/mol. The first-order valence-corrected chi connectivity index (χ1v) is 9.58. The number of nitrogens with one attached hydrogen (secondary N) is 1. The summed E-state index contributed by atoms with van der Waals surface area (Å²) in [5.41, 5.74) is 0.546. The van der Waals surface area contributed by atoms with Crippen LogP contribution >= 0.6 is 0 Å². The molecule has 1 aromatic carbocycles. The molecule has 0 radical (unpaired) electrons. The summed E-state index contributed by atoms with van der Waals surface area (Å²) >= 11 is 0. The quantitative estimate of drug-likeness (QED) is 0.791. The molecule has 0 unspecified atom stereocenters. The van der Waals surface area contributed by atoms with Gasteiger partial charge in [-0.25, -0.2) is 12.7 Å². The second kappa shape index (κ2) is 7.52. The van der Waals surface area contributed by atoms with Gasteiger partial charge in [0.1, 0.15) is 0 Å². The summed E-state index contributed by atoms with van der Waals surface area (Å²) in [6.45, 7) is 1.11. The molecule has 1 aliphatic rings. The van der Waals surface area contributed by atoms with Crippen molar-refractivity contribution in [2.24, 2.45) is 0 Å². The van der Waals surface area contributed by atoms with E-state index < -0.39 is 15.9 Å². The fourth-order valence-electron chi connectivity index (χ4n) is 2.51. The third kappa shape index (κ3) is 3.92. The second-order valence-corrected chi connectivity index (χ2v) is 8.23. The van der Waals surface area contributed by atoms with Crippen LogP contribution in [0.3, 0.4) is 0 Å². The zero-order valence-electron chi connectivity index (χ0n) is 14.5. The first-order valence-electron chi connectivity index (χ1n) is 8.14. The van der Waals surface area contributed by atoms with Gasteiger partial charge < -0.3 is 14.6 Å². The smallest absolute Gasteiger partial charge is 0.316 e. The van der Waals surface area contributed by atoms with Crippen molar-refractivity contribution in [2.45, 2.75) is 23.8 Å². The van der Waals surface area contributed by atoms with Crippen LogP contribution in [0.5, 0.6) is 0 Å². The van der Waals surface area contributed by atoms with Gasteiger partial charge in [0, 0.05) is 32.8 Å². The Bertz CT molecular complexity index is 870. The Morgan fingerprint density at radius 3 is 2.65 bits per heavy atom. The highest BCUT2D eigenvalue weighted by Gasteiger charge is 2.21. The van der Waals surface area contributed by atoms with Gasteiger partial charge in [0.05, 0.1) is 11.0 Å². The first kappa shape index (κ1) is 18.5. The number of aromatic nitrogens is 2. The first-order chi connectivity index (χ1) is 12.4. The molecule has 1 amide bonds. The molecule has 26 heavy (non-hydrogen) atoms. The topological polar surface area (TPSA) is 115 Å². The van der Waals surface area contributed by atoms with Crippen molar-refractivity contribution in [1.82, 2.24) is 19.8 Å². The Balaban J connectivity index is 1.68. The second-order valence-electron chi connectivity index (χ2n) is 6.08. The van der Waals surface area contributed by atoms with E-state index in [2.05, 4.69) is 15.5 Å². The van der Waals surface area contributed by atoms with E-state index in [0.29, 0.717) is 18.7 Å². The lowest BCUT2D eigenvalue weighted by Gasteiger charge is -2.11. The predicted molar refractivity (Wildman–Crippen MR) is 91.9 cm³/mol. The Kier molecular flexibility index (Phi) is 5.35. The van der Waals surface area contributed by atoms with Gasteiger partial charge in [-0.15, -0.1) is 0 Å². The highest BCUT2D eigenvalue weighted by molar-refractivity contribution is 7.89. The number of nitrogens with zero attached hydrogens (tertiary/aromatic N) is 3. The van der Waals surface area contributed by atoms with Crippen LogP contribution in [0, 0.1) is 0 Å². The molecule has 1 aromatic heterocycles. The number of amides is 1. The van der Waals surface area contributed by atoms with Gasteiger partial charge in [-0.2, -0.15) is 4.98 Å². The largest absolute Gasteiger partial charge is 0.376 e. The zero-order valence-corrected chi connectivity index (χ0v) is 15.3. The van der Waals surface area contributed by atoms with Gasteiger partial charge in [-0.3, -0.25) is 4.79 Å². The van der Waals surface area contributed by atoms with Gasteiger partial charge in [0.25, 0.3) is 0 Å². The number of benzene rings is 1. The Morgan fingerprint density at radius 1 is 1.31 bits per heavy atom. The third-order valence-electron chi connectivity index (χ3n) is 4.03. The number of hydrogen-bond donors (Lipinski definition) is 1. The number of hydrogen-bond acceptors (Lipinski definition) is 7. The van der Waals surface area contributed by atoms with Gasteiger partial charge in [0.2, 0.25) is 15.8 Å². The van der Waals surface area contributed by atoms with E-state index in [4.69, 9.17) is 9.26 Å². The molecule has 0 bridgehead atoms. The maximum absolute atomic E-state index is 12.1. The van der Waals surface area contributed by atoms with Gasteiger partial charge in [0.15, 0.2) is 0 Å². The highest BCUT2D eigenvalue weighted by atomic mass is 32.2. The Morgan fingerprint density at radius 2 is 2.04 bits per heavy atom. The predicted octanol–water partition coefficient (Wildman–Crippen LogP) is 0.896. The van der Waals surface area contributed by atoms with Crippen molar-refractivity contribution in [1.29, 1.82) is 0 Å². The molecule has 1 N–H and O–H groups in total. The number of rotatable bonds is 6. The molecular formula is C16H20N4O5S. The minimum atomic E-state index is -3.51. The van der Waals surface area contributed by atoms with E-state index in [-0.39, 0.29) is 22.7 Å². The lowest BCUT2D eigenvalue weighted by molar-refractivity contribution is 0.0822. The van der Waals surface area contributed by atoms with Crippen molar-refractivity contribution < 1.29 is 22.5 Å². The van der Waals surface area contributed by atoms with Crippen LogP contribution in [0.15, 0.2) is 33.7 Å². The lowest BCUT2D eigenvalue weighted by atomic mass is 10.2. The minimum Gasteiger partial charge on any atom is -0.376 e. The minimum absolute atomic E-state index is 0.0209. The highest BCUT2D eigenvalue weighted by Crippen LogP contribution is 2.20. The van der Waals surface area contributed by atoms with E-state index in [9.17, 15) is 13.2 Å². The van der Waals surface area contributed by atoms with Crippen LogP contribution in [-0.2, 0) is 14.8 Å². The van der Waals surface area contributed by atoms with Crippen molar-refractivity contribution in [2.75, 3.05) is 27.2 Å². The van der Waals surface area contributed by atoms with Gasteiger partial charge >= 0.3 is 11.8 Å². The van der Waals surface area contributed by atoms with Crippen LogP contribution in [-0.4, -0.2) is 62.1 Å². The molecule has 0 saturated carbocycles. The van der Waals surface area contributed by atoms with Crippen molar-refractivity contribution >= 4 is 15.9 Å². The average molecular weight is 380 g/mol. The van der Waals surface area contributed by atoms with Crippen LogP contribution in [0.4, 0.5) is 0 Å². The number of carbonyl (C=O) groups is 1. The maximum Gasteiger partial charge on any atom is 0.316 e. The SMILES string of the molecule is CN(C)S(=O)(=O)c1ccc(-c2noc(C(=O)NC[C@H]3CCCO3)n2)cc1. The van der Waals surface area contributed by atoms with Crippen LogP contribution in [0.25, 0.3) is 11.4 Å². The molecule has 2 heterocycles. The molecule has 3 rings (SSSR count). The molecule has 1 aliphatic heterocycles. The number of sulfonamides is 1. The zero-order chi connectivity index (χ0) is 18.7. The molecule has 1 saturated heterocycles. The van der Waals surface area contributed by atoms with Crippen LogP contribution in [0.2, 0.25) is 0 Å². The number of carbonyl (C=O) groups excluding carboxylic acids is 1. The lowest BCUT2D eigenvalue weighted by Crippen LogP contribution is -2.31. The molecule has 9 nitrogen and oxygen atoms in total. The Hall–Kier alpha value is -2.30.